The number of hydrogen-bond donors (Lipinski definition) is 1. The van der Waals surface area contributed by atoms with E-state index >= 15 is 0 Å². The maximum atomic E-state index is 13.5. The molecule has 0 spiro atoms. The van der Waals surface area contributed by atoms with E-state index in [9.17, 15) is 8.42 Å². The minimum absolute atomic E-state index is 0. The molecule has 0 unspecified atom stereocenters. The van der Waals surface area contributed by atoms with Gasteiger partial charge >= 0.3 is 0 Å². The molecule has 1 N–H and O–H groups in total. The van der Waals surface area contributed by atoms with Gasteiger partial charge in [0.05, 0.1) is 4.90 Å². The van der Waals surface area contributed by atoms with Gasteiger partial charge in [0.25, 0.3) is 0 Å². The van der Waals surface area contributed by atoms with Crippen molar-refractivity contribution in [3.63, 3.8) is 0 Å². The minimum Gasteiger partial charge on any atom is -0.354 e. The number of fused-ring (bicyclic) bond motifs is 2. The van der Waals surface area contributed by atoms with Crippen molar-refractivity contribution in [2.24, 2.45) is 0 Å². The molecule has 5 nitrogen and oxygen atoms in total. The molecule has 0 saturated carbocycles. The van der Waals surface area contributed by atoms with Gasteiger partial charge in [0.15, 0.2) is 0 Å². The van der Waals surface area contributed by atoms with Gasteiger partial charge in [-0.2, -0.15) is 0 Å². The van der Waals surface area contributed by atoms with E-state index in [1.807, 2.05) is 36.4 Å². The van der Waals surface area contributed by atoms with Crippen molar-refractivity contribution < 1.29 is 8.42 Å². The van der Waals surface area contributed by atoms with Gasteiger partial charge in [-0.05, 0) is 23.6 Å². The molecular formula is C21H20ClN3O2S2. The molecule has 0 radical (unpaired) electrons. The molecule has 2 aromatic heterocycles. The number of nitrogens with one attached hydrogen (secondary N) is 1. The van der Waals surface area contributed by atoms with Gasteiger partial charge in [0, 0.05) is 47.8 Å². The van der Waals surface area contributed by atoms with Crippen LogP contribution in [0.15, 0.2) is 69.9 Å². The molecule has 0 aliphatic carbocycles. The summed E-state index contributed by atoms with van der Waals surface area (Å²) in [7, 11) is -3.62. The molecule has 0 amide bonds. The number of pyridine rings is 1. The summed E-state index contributed by atoms with van der Waals surface area (Å²) in [5, 5.41) is 5.92. The Morgan fingerprint density at radius 2 is 1.72 bits per heavy atom. The number of halogens is 1. The van der Waals surface area contributed by atoms with Crippen molar-refractivity contribution in [2.75, 3.05) is 31.1 Å². The number of anilines is 1. The van der Waals surface area contributed by atoms with Crippen LogP contribution < -0.4 is 10.2 Å². The number of piperazine rings is 1. The number of nitrogens with zero attached hydrogens (tertiary/aromatic N) is 2. The molecule has 1 saturated heterocycles. The number of rotatable bonds is 3. The third-order valence-electron chi connectivity index (χ3n) is 5.12. The van der Waals surface area contributed by atoms with E-state index in [1.165, 1.54) is 11.3 Å². The lowest BCUT2D eigenvalue weighted by molar-refractivity contribution is 0.586. The Hall–Kier alpha value is -2.19. The zero-order valence-corrected chi connectivity index (χ0v) is 18.0. The maximum Gasteiger partial charge on any atom is 0.216 e. The normalized spacial score (nSPS) is 14.8. The first-order chi connectivity index (χ1) is 13.6. The van der Waals surface area contributed by atoms with Crippen LogP contribution in [0.3, 0.4) is 0 Å². The summed E-state index contributed by atoms with van der Waals surface area (Å²) in [5.74, 6) is 0.870. The van der Waals surface area contributed by atoms with Crippen LogP contribution in [0.25, 0.3) is 20.9 Å². The van der Waals surface area contributed by atoms with Crippen molar-refractivity contribution in [3.05, 3.63) is 60.8 Å². The second-order valence-corrected chi connectivity index (χ2v) is 10.1. The van der Waals surface area contributed by atoms with E-state index in [0.29, 0.717) is 9.10 Å². The standard InChI is InChI=1S/C21H19N3O2S2.ClH/c25-28(26,19-7-3-5-15-4-1-2-6-16(15)19)20-14-17-18(27-20)8-9-23-21(17)24-12-10-22-11-13-24;/h1-9,14,22H,10-13H2;1H. The van der Waals surface area contributed by atoms with E-state index in [4.69, 9.17) is 0 Å². The summed E-state index contributed by atoms with van der Waals surface area (Å²) in [6, 6.07) is 16.7. The topological polar surface area (TPSA) is 62.3 Å². The second-order valence-electron chi connectivity index (χ2n) is 6.83. The van der Waals surface area contributed by atoms with Crippen molar-refractivity contribution in [1.82, 2.24) is 10.3 Å². The smallest absolute Gasteiger partial charge is 0.216 e. The first-order valence-corrected chi connectivity index (χ1v) is 11.5. The number of aromatic nitrogens is 1. The fourth-order valence-corrected chi connectivity index (χ4v) is 6.71. The van der Waals surface area contributed by atoms with Crippen LogP contribution in [0.4, 0.5) is 5.82 Å². The van der Waals surface area contributed by atoms with Crippen LogP contribution in [0.1, 0.15) is 0 Å². The Labute approximate surface area is 179 Å². The zero-order valence-electron chi connectivity index (χ0n) is 15.5. The lowest BCUT2D eigenvalue weighted by Gasteiger charge is -2.28. The Balaban J connectivity index is 0.00000205. The zero-order chi connectivity index (χ0) is 19.1. The van der Waals surface area contributed by atoms with E-state index in [1.54, 1.807) is 24.4 Å². The average molecular weight is 446 g/mol. The summed E-state index contributed by atoms with van der Waals surface area (Å²) in [4.78, 5) is 7.14. The van der Waals surface area contributed by atoms with E-state index in [2.05, 4.69) is 15.2 Å². The first-order valence-electron chi connectivity index (χ1n) is 9.22. The molecule has 29 heavy (non-hydrogen) atoms. The summed E-state index contributed by atoms with van der Waals surface area (Å²) in [6.07, 6.45) is 1.77. The summed E-state index contributed by atoms with van der Waals surface area (Å²) < 4.78 is 28.3. The maximum absolute atomic E-state index is 13.5. The van der Waals surface area contributed by atoms with Gasteiger partial charge in [0.2, 0.25) is 9.84 Å². The quantitative estimate of drug-likeness (QED) is 0.514. The van der Waals surface area contributed by atoms with Crippen LogP contribution in [0.5, 0.6) is 0 Å². The average Bonchev–Trinajstić information content (AvgIpc) is 3.19. The van der Waals surface area contributed by atoms with Crippen molar-refractivity contribution in [2.45, 2.75) is 9.10 Å². The molecule has 4 aromatic rings. The second kappa shape index (κ2) is 7.91. The molecule has 1 aliphatic rings. The highest BCUT2D eigenvalue weighted by atomic mass is 35.5. The van der Waals surface area contributed by atoms with Crippen LogP contribution in [-0.2, 0) is 9.84 Å². The predicted octanol–water partition coefficient (Wildman–Crippen LogP) is 4.11. The van der Waals surface area contributed by atoms with Gasteiger partial charge in [0.1, 0.15) is 10.0 Å². The van der Waals surface area contributed by atoms with Crippen LogP contribution in [-0.4, -0.2) is 39.6 Å². The first kappa shape index (κ1) is 20.1. The molecule has 150 valence electrons. The molecule has 0 bridgehead atoms. The molecule has 1 fully saturated rings. The third-order valence-corrected chi connectivity index (χ3v) is 8.51. The van der Waals surface area contributed by atoms with Gasteiger partial charge < -0.3 is 10.2 Å². The predicted molar refractivity (Wildman–Crippen MR) is 121 cm³/mol. The minimum atomic E-state index is -3.62. The highest BCUT2D eigenvalue weighted by molar-refractivity contribution is 7.93. The van der Waals surface area contributed by atoms with Crippen molar-refractivity contribution >= 4 is 60.3 Å². The third kappa shape index (κ3) is 3.48. The monoisotopic (exact) mass is 445 g/mol. The molecule has 1 aliphatic heterocycles. The van der Waals surface area contributed by atoms with Crippen LogP contribution in [0, 0.1) is 0 Å². The number of hydrogen-bond acceptors (Lipinski definition) is 6. The highest BCUT2D eigenvalue weighted by Gasteiger charge is 2.24. The SMILES string of the molecule is Cl.O=S(=O)(c1cc2c(N3CCNCC3)nccc2s1)c1cccc2ccccc12. The molecular weight excluding hydrogens is 426 g/mol. The summed E-state index contributed by atoms with van der Waals surface area (Å²) >= 11 is 1.32. The Morgan fingerprint density at radius 1 is 0.966 bits per heavy atom. The number of benzene rings is 2. The highest BCUT2D eigenvalue weighted by Crippen LogP contribution is 2.38. The molecule has 8 heteroatoms. The van der Waals surface area contributed by atoms with Crippen molar-refractivity contribution in [1.29, 1.82) is 0 Å². The van der Waals surface area contributed by atoms with E-state index < -0.39 is 9.84 Å². The lowest BCUT2D eigenvalue weighted by atomic mass is 10.1. The number of sulfone groups is 1. The largest absolute Gasteiger partial charge is 0.354 e. The van der Waals surface area contributed by atoms with Crippen LogP contribution >= 0.6 is 23.7 Å². The molecule has 5 rings (SSSR count). The van der Waals surface area contributed by atoms with Gasteiger partial charge in [-0.15, -0.1) is 23.7 Å². The van der Waals surface area contributed by atoms with E-state index in [-0.39, 0.29) is 12.4 Å². The molecule has 3 heterocycles. The Kier molecular flexibility index (Phi) is 5.48. The molecule has 0 atom stereocenters. The summed E-state index contributed by atoms with van der Waals surface area (Å²) in [6.45, 7) is 3.55. The van der Waals surface area contributed by atoms with E-state index in [0.717, 1.165) is 52.9 Å². The van der Waals surface area contributed by atoms with Gasteiger partial charge in [-0.25, -0.2) is 13.4 Å². The Morgan fingerprint density at radius 3 is 2.55 bits per heavy atom. The van der Waals surface area contributed by atoms with Gasteiger partial charge in [-0.3, -0.25) is 0 Å². The fourth-order valence-electron chi connectivity index (χ4n) is 3.72. The summed E-state index contributed by atoms with van der Waals surface area (Å²) in [5.41, 5.74) is 0. The lowest BCUT2D eigenvalue weighted by Crippen LogP contribution is -2.43. The van der Waals surface area contributed by atoms with Crippen LogP contribution in [0.2, 0.25) is 0 Å². The fraction of sp³-hybridized carbons (Fsp3) is 0.190. The number of thiophene rings is 1. The molecule has 2 aromatic carbocycles. The van der Waals surface area contributed by atoms with Gasteiger partial charge in [-0.1, -0.05) is 36.4 Å². The van der Waals surface area contributed by atoms with Crippen molar-refractivity contribution in [3.8, 4) is 0 Å². The Bertz CT molecular complexity index is 1280.